The lowest BCUT2D eigenvalue weighted by atomic mass is 10.3. The van der Waals surface area contributed by atoms with Crippen LogP contribution >= 0.6 is 0 Å². The van der Waals surface area contributed by atoms with E-state index in [1.165, 1.54) is 0 Å². The average molecular weight is 244 g/mol. The molecule has 0 atom stereocenters. The number of nitrogens with zero attached hydrogens (tertiary/aromatic N) is 3. The molecule has 0 aliphatic heterocycles. The second-order valence-corrected chi connectivity index (χ2v) is 3.75. The molecule has 0 aliphatic rings. The van der Waals surface area contributed by atoms with Crippen LogP contribution in [0.25, 0.3) is 0 Å². The van der Waals surface area contributed by atoms with Crippen LogP contribution in [0.5, 0.6) is 5.75 Å². The fraction of sp³-hybridized carbons (Fsp3) is 0.231. The zero-order valence-corrected chi connectivity index (χ0v) is 10.7. The molecule has 2 rings (SSSR count). The van der Waals surface area contributed by atoms with E-state index in [4.69, 9.17) is 4.74 Å². The Balaban J connectivity index is 2.25. The minimum absolute atomic E-state index is 0.605. The normalized spacial score (nSPS) is 9.94. The van der Waals surface area contributed by atoms with Crippen LogP contribution in [0.4, 0.5) is 17.5 Å². The minimum Gasteiger partial charge on any atom is -0.497 e. The van der Waals surface area contributed by atoms with Crippen molar-refractivity contribution in [1.29, 1.82) is 0 Å². The van der Waals surface area contributed by atoms with Crippen LogP contribution in [-0.2, 0) is 0 Å². The molecule has 1 aromatic heterocycles. The van der Waals surface area contributed by atoms with E-state index in [-0.39, 0.29) is 0 Å². The van der Waals surface area contributed by atoms with Gasteiger partial charge in [0.1, 0.15) is 11.6 Å². The highest BCUT2D eigenvalue weighted by molar-refractivity contribution is 5.60. The molecule has 18 heavy (non-hydrogen) atoms. The van der Waals surface area contributed by atoms with Crippen LogP contribution < -0.4 is 15.0 Å². The van der Waals surface area contributed by atoms with Crippen molar-refractivity contribution in [2.75, 3.05) is 31.4 Å². The topological polar surface area (TPSA) is 50.3 Å². The van der Waals surface area contributed by atoms with Crippen molar-refractivity contribution in [2.24, 2.45) is 0 Å². The predicted octanol–water partition coefficient (Wildman–Crippen LogP) is 2.29. The fourth-order valence-electron chi connectivity index (χ4n) is 1.59. The van der Waals surface area contributed by atoms with Gasteiger partial charge in [0.05, 0.1) is 7.11 Å². The summed E-state index contributed by atoms with van der Waals surface area (Å²) in [7, 11) is 5.42. The van der Waals surface area contributed by atoms with E-state index in [0.29, 0.717) is 5.95 Å². The molecule has 1 heterocycles. The fourth-order valence-corrected chi connectivity index (χ4v) is 1.59. The van der Waals surface area contributed by atoms with E-state index >= 15 is 0 Å². The first kappa shape index (κ1) is 12.2. The third-order valence-corrected chi connectivity index (χ3v) is 2.67. The maximum absolute atomic E-state index is 5.14. The van der Waals surface area contributed by atoms with Crippen LogP contribution in [0.3, 0.4) is 0 Å². The first-order valence-electron chi connectivity index (χ1n) is 5.63. The number of rotatable bonds is 4. The van der Waals surface area contributed by atoms with Crippen molar-refractivity contribution in [1.82, 2.24) is 9.97 Å². The van der Waals surface area contributed by atoms with Gasteiger partial charge in [-0.3, -0.25) is 0 Å². The van der Waals surface area contributed by atoms with Gasteiger partial charge in [0, 0.05) is 26.0 Å². The molecule has 0 amide bonds. The van der Waals surface area contributed by atoms with Crippen molar-refractivity contribution in [3.05, 3.63) is 36.5 Å². The standard InChI is InChI=1S/C13H16N4O/c1-14-13-15-9-8-12(16-13)17(2)10-4-6-11(18-3)7-5-10/h4-9H,1-3H3,(H,14,15,16). The number of aromatic nitrogens is 2. The number of benzene rings is 1. The lowest BCUT2D eigenvalue weighted by Crippen LogP contribution is -2.12. The molecule has 0 spiro atoms. The van der Waals surface area contributed by atoms with Gasteiger partial charge < -0.3 is 15.0 Å². The molecule has 5 heteroatoms. The number of ether oxygens (including phenoxy) is 1. The van der Waals surface area contributed by atoms with Crippen molar-refractivity contribution < 1.29 is 4.74 Å². The number of nitrogens with one attached hydrogen (secondary N) is 1. The summed E-state index contributed by atoms with van der Waals surface area (Å²) in [5.74, 6) is 2.28. The Labute approximate surface area is 106 Å². The van der Waals surface area contributed by atoms with E-state index in [9.17, 15) is 0 Å². The molecule has 1 aromatic carbocycles. The largest absolute Gasteiger partial charge is 0.497 e. The molecular weight excluding hydrogens is 228 g/mol. The van der Waals surface area contributed by atoms with Gasteiger partial charge >= 0.3 is 0 Å². The summed E-state index contributed by atoms with van der Waals surface area (Å²) in [6, 6.07) is 9.68. The highest BCUT2D eigenvalue weighted by atomic mass is 16.5. The highest BCUT2D eigenvalue weighted by Crippen LogP contribution is 2.24. The number of hydrogen-bond donors (Lipinski definition) is 1. The first-order chi connectivity index (χ1) is 8.74. The molecule has 1 N–H and O–H groups in total. The lowest BCUT2D eigenvalue weighted by molar-refractivity contribution is 0.415. The zero-order chi connectivity index (χ0) is 13.0. The summed E-state index contributed by atoms with van der Waals surface area (Å²) >= 11 is 0. The van der Waals surface area contributed by atoms with Crippen molar-refractivity contribution in [2.45, 2.75) is 0 Å². The Bertz CT molecular complexity index is 513. The smallest absolute Gasteiger partial charge is 0.224 e. The Hall–Kier alpha value is -2.30. The monoisotopic (exact) mass is 244 g/mol. The summed E-state index contributed by atoms with van der Waals surface area (Å²) < 4.78 is 5.14. The van der Waals surface area contributed by atoms with Crippen LogP contribution in [-0.4, -0.2) is 31.2 Å². The van der Waals surface area contributed by atoms with Gasteiger partial charge in [0.15, 0.2) is 0 Å². The molecule has 0 aliphatic carbocycles. The van der Waals surface area contributed by atoms with E-state index in [1.54, 1.807) is 20.4 Å². The molecule has 0 unspecified atom stereocenters. The second-order valence-electron chi connectivity index (χ2n) is 3.75. The Morgan fingerprint density at radius 3 is 2.50 bits per heavy atom. The predicted molar refractivity (Wildman–Crippen MR) is 72.6 cm³/mol. The second kappa shape index (κ2) is 5.35. The van der Waals surface area contributed by atoms with E-state index in [1.807, 2.05) is 42.3 Å². The molecule has 0 saturated heterocycles. The highest BCUT2D eigenvalue weighted by Gasteiger charge is 2.06. The summed E-state index contributed by atoms with van der Waals surface area (Å²) in [5, 5.41) is 2.92. The Kier molecular flexibility index (Phi) is 3.62. The zero-order valence-electron chi connectivity index (χ0n) is 10.7. The summed E-state index contributed by atoms with van der Waals surface area (Å²) in [6.07, 6.45) is 1.73. The van der Waals surface area contributed by atoms with Crippen molar-refractivity contribution >= 4 is 17.5 Å². The number of hydrogen-bond acceptors (Lipinski definition) is 5. The van der Waals surface area contributed by atoms with E-state index < -0.39 is 0 Å². The molecule has 0 radical (unpaired) electrons. The van der Waals surface area contributed by atoms with Gasteiger partial charge in [0.25, 0.3) is 0 Å². The molecule has 2 aromatic rings. The van der Waals surface area contributed by atoms with Gasteiger partial charge in [0.2, 0.25) is 5.95 Å². The van der Waals surface area contributed by atoms with Crippen molar-refractivity contribution in [3.63, 3.8) is 0 Å². The van der Waals surface area contributed by atoms with Gasteiger partial charge in [-0.05, 0) is 30.3 Å². The Morgan fingerprint density at radius 1 is 1.17 bits per heavy atom. The minimum atomic E-state index is 0.605. The van der Waals surface area contributed by atoms with Crippen LogP contribution in [0.1, 0.15) is 0 Å². The van der Waals surface area contributed by atoms with Crippen molar-refractivity contribution in [3.8, 4) is 5.75 Å². The lowest BCUT2D eigenvalue weighted by Gasteiger charge is -2.18. The molecule has 5 nitrogen and oxygen atoms in total. The van der Waals surface area contributed by atoms with Gasteiger partial charge in [-0.2, -0.15) is 4.98 Å². The molecule has 94 valence electrons. The third kappa shape index (κ3) is 2.51. The van der Waals surface area contributed by atoms with E-state index in [0.717, 1.165) is 17.3 Å². The van der Waals surface area contributed by atoms with E-state index in [2.05, 4.69) is 15.3 Å². The summed E-state index contributed by atoms with van der Waals surface area (Å²) in [6.45, 7) is 0. The average Bonchev–Trinajstić information content (AvgIpc) is 2.46. The first-order valence-corrected chi connectivity index (χ1v) is 5.63. The van der Waals surface area contributed by atoms with Gasteiger partial charge in [-0.15, -0.1) is 0 Å². The maximum atomic E-state index is 5.14. The maximum Gasteiger partial charge on any atom is 0.224 e. The Morgan fingerprint density at radius 2 is 1.89 bits per heavy atom. The van der Waals surface area contributed by atoms with Gasteiger partial charge in [-0.1, -0.05) is 0 Å². The van der Waals surface area contributed by atoms with Gasteiger partial charge in [-0.25, -0.2) is 4.98 Å². The van der Waals surface area contributed by atoms with Crippen LogP contribution in [0.2, 0.25) is 0 Å². The summed E-state index contributed by atoms with van der Waals surface area (Å²) in [4.78, 5) is 10.5. The quantitative estimate of drug-likeness (QED) is 0.894. The van der Waals surface area contributed by atoms with Crippen LogP contribution in [0.15, 0.2) is 36.5 Å². The summed E-state index contributed by atoms with van der Waals surface area (Å²) in [5.41, 5.74) is 1.04. The SMILES string of the molecule is CNc1nccc(N(C)c2ccc(OC)cc2)n1. The molecule has 0 fully saturated rings. The third-order valence-electron chi connectivity index (χ3n) is 2.67. The van der Waals surface area contributed by atoms with Crippen LogP contribution in [0, 0.1) is 0 Å². The number of anilines is 3. The molecule has 0 saturated carbocycles. The molecule has 0 bridgehead atoms. The molecular formula is C13H16N4O. The number of methoxy groups -OCH3 is 1.